The first kappa shape index (κ1) is 20.7. The molecule has 0 unspecified atom stereocenters. The first-order chi connectivity index (χ1) is 13.6. The topological polar surface area (TPSA) is 81.1 Å². The second-order valence-corrected chi connectivity index (χ2v) is 8.90. The van der Waals surface area contributed by atoms with Crippen LogP contribution in [0.25, 0.3) is 11.3 Å². The summed E-state index contributed by atoms with van der Waals surface area (Å²) in [4.78, 5) is 12.6. The van der Waals surface area contributed by atoms with Gasteiger partial charge in [0.1, 0.15) is 17.3 Å². The summed E-state index contributed by atoms with van der Waals surface area (Å²) >= 11 is 0. The van der Waals surface area contributed by atoms with Crippen molar-refractivity contribution in [2.24, 2.45) is 7.05 Å². The van der Waals surface area contributed by atoms with Gasteiger partial charge >= 0.3 is 0 Å². The number of hydrogen-bond acceptors (Lipinski definition) is 4. The number of rotatable bonds is 6. The molecular weight excluding hydrogens is 400 g/mol. The van der Waals surface area contributed by atoms with E-state index in [1.54, 1.807) is 31.3 Å². The van der Waals surface area contributed by atoms with E-state index in [0.29, 0.717) is 5.56 Å². The molecule has 0 saturated heterocycles. The van der Waals surface area contributed by atoms with Crippen LogP contribution in [0.15, 0.2) is 48.7 Å². The quantitative estimate of drug-likeness (QED) is 0.666. The van der Waals surface area contributed by atoms with Crippen LogP contribution in [0, 0.1) is 11.6 Å². The van der Waals surface area contributed by atoms with Crippen molar-refractivity contribution in [1.29, 1.82) is 0 Å². The van der Waals surface area contributed by atoms with Crippen LogP contribution in [0.1, 0.15) is 21.5 Å². The maximum atomic E-state index is 14.1. The molecular formula is C20H19F2N3O3S. The zero-order valence-corrected chi connectivity index (χ0v) is 16.6. The Kier molecular flexibility index (Phi) is 5.78. The molecule has 1 amide bonds. The fourth-order valence-corrected chi connectivity index (χ4v) is 3.67. The van der Waals surface area contributed by atoms with Crippen molar-refractivity contribution in [2.75, 3.05) is 6.26 Å². The molecule has 1 N–H and O–H groups in total. The Morgan fingerprint density at radius 3 is 2.38 bits per heavy atom. The fourth-order valence-electron chi connectivity index (χ4n) is 2.87. The van der Waals surface area contributed by atoms with Crippen LogP contribution < -0.4 is 5.32 Å². The van der Waals surface area contributed by atoms with Crippen molar-refractivity contribution in [3.05, 3.63) is 77.0 Å². The van der Waals surface area contributed by atoms with Crippen LogP contribution in [-0.2, 0) is 29.2 Å². The van der Waals surface area contributed by atoms with Crippen LogP contribution in [0.3, 0.4) is 0 Å². The van der Waals surface area contributed by atoms with Crippen molar-refractivity contribution >= 4 is 15.7 Å². The van der Waals surface area contributed by atoms with Crippen LogP contribution in [0.5, 0.6) is 0 Å². The van der Waals surface area contributed by atoms with Gasteiger partial charge in [0.15, 0.2) is 9.84 Å². The number of aromatic nitrogens is 2. The van der Waals surface area contributed by atoms with E-state index in [-0.39, 0.29) is 29.1 Å². The third-order valence-corrected chi connectivity index (χ3v) is 5.02. The number of amides is 1. The predicted molar refractivity (Wildman–Crippen MR) is 105 cm³/mol. The summed E-state index contributed by atoms with van der Waals surface area (Å²) in [5, 5.41) is 6.86. The van der Waals surface area contributed by atoms with Gasteiger partial charge in [0.2, 0.25) is 0 Å². The normalized spacial score (nSPS) is 11.4. The number of hydrogen-bond donors (Lipinski definition) is 1. The summed E-state index contributed by atoms with van der Waals surface area (Å²) < 4.78 is 51.4. The van der Waals surface area contributed by atoms with Gasteiger partial charge in [-0.3, -0.25) is 9.48 Å². The van der Waals surface area contributed by atoms with E-state index in [9.17, 15) is 22.0 Å². The molecule has 9 heteroatoms. The fraction of sp³-hybridized carbons (Fsp3) is 0.200. The zero-order chi connectivity index (χ0) is 21.2. The molecule has 0 atom stereocenters. The molecule has 0 aliphatic carbocycles. The number of benzene rings is 2. The highest BCUT2D eigenvalue weighted by Crippen LogP contribution is 2.25. The monoisotopic (exact) mass is 419 g/mol. The highest BCUT2D eigenvalue weighted by molar-refractivity contribution is 7.89. The van der Waals surface area contributed by atoms with E-state index >= 15 is 0 Å². The zero-order valence-electron chi connectivity index (χ0n) is 15.8. The van der Waals surface area contributed by atoms with Crippen molar-refractivity contribution in [3.8, 4) is 11.3 Å². The lowest BCUT2D eigenvalue weighted by molar-refractivity contribution is 0.0951. The number of nitrogens with one attached hydrogen (secondary N) is 1. The van der Waals surface area contributed by atoms with Gasteiger partial charge in [-0.1, -0.05) is 24.3 Å². The maximum Gasteiger partial charge on any atom is 0.255 e. The third kappa shape index (κ3) is 5.26. The van der Waals surface area contributed by atoms with Crippen LogP contribution in [-0.4, -0.2) is 30.4 Å². The van der Waals surface area contributed by atoms with Crippen LogP contribution in [0.4, 0.5) is 8.78 Å². The molecule has 0 aliphatic rings. The highest BCUT2D eigenvalue weighted by atomic mass is 32.2. The second kappa shape index (κ2) is 8.12. The van der Waals surface area contributed by atoms with Crippen LogP contribution in [0.2, 0.25) is 0 Å². The summed E-state index contributed by atoms with van der Waals surface area (Å²) in [5.74, 6) is -2.04. The average molecular weight is 419 g/mol. The van der Waals surface area contributed by atoms with Gasteiger partial charge in [-0.25, -0.2) is 17.2 Å². The van der Waals surface area contributed by atoms with E-state index in [1.807, 2.05) is 0 Å². The lowest BCUT2D eigenvalue weighted by Crippen LogP contribution is -2.23. The second-order valence-electron chi connectivity index (χ2n) is 6.76. The minimum absolute atomic E-state index is 0.0299. The predicted octanol–water partition coefficient (Wildman–Crippen LogP) is 2.84. The van der Waals surface area contributed by atoms with E-state index in [1.165, 1.54) is 16.9 Å². The molecule has 152 valence electrons. The summed E-state index contributed by atoms with van der Waals surface area (Å²) in [5.41, 5.74) is 1.73. The molecule has 6 nitrogen and oxygen atoms in total. The van der Waals surface area contributed by atoms with Crippen molar-refractivity contribution in [2.45, 2.75) is 12.3 Å². The Bertz CT molecular complexity index is 1160. The Morgan fingerprint density at radius 2 is 1.76 bits per heavy atom. The molecule has 1 aromatic heterocycles. The maximum absolute atomic E-state index is 14.1. The van der Waals surface area contributed by atoms with Crippen molar-refractivity contribution in [3.63, 3.8) is 0 Å². The van der Waals surface area contributed by atoms with Gasteiger partial charge < -0.3 is 5.32 Å². The number of aryl methyl sites for hydroxylation is 1. The first-order valence-electron chi connectivity index (χ1n) is 8.65. The largest absolute Gasteiger partial charge is 0.348 e. The molecule has 3 aromatic rings. The number of sulfone groups is 1. The molecule has 0 spiro atoms. The van der Waals surface area contributed by atoms with E-state index in [4.69, 9.17) is 0 Å². The van der Waals surface area contributed by atoms with Gasteiger partial charge in [-0.15, -0.1) is 0 Å². The lowest BCUT2D eigenvalue weighted by Gasteiger charge is -2.07. The number of carbonyl (C=O) groups excluding carboxylic acids is 1. The third-order valence-electron chi connectivity index (χ3n) is 4.16. The summed E-state index contributed by atoms with van der Waals surface area (Å²) in [7, 11) is -1.52. The molecule has 0 aliphatic heterocycles. The smallest absolute Gasteiger partial charge is 0.255 e. The van der Waals surface area contributed by atoms with Crippen molar-refractivity contribution in [1.82, 2.24) is 15.1 Å². The average Bonchev–Trinajstić information content (AvgIpc) is 3.01. The Labute approximate surface area is 167 Å². The summed E-state index contributed by atoms with van der Waals surface area (Å²) in [6.45, 7) is 0.193. The van der Waals surface area contributed by atoms with Gasteiger partial charge in [0, 0.05) is 37.7 Å². The molecule has 1 heterocycles. The SMILES string of the molecule is Cn1cc(C(=O)NCc2ccc(CS(C)(=O)=O)cc2)c(-c2ccc(F)cc2F)n1. The van der Waals surface area contributed by atoms with E-state index in [2.05, 4.69) is 10.4 Å². The van der Waals surface area contributed by atoms with E-state index in [0.717, 1.165) is 24.0 Å². The van der Waals surface area contributed by atoms with Crippen LogP contribution >= 0.6 is 0 Å². The molecule has 0 saturated carbocycles. The molecule has 29 heavy (non-hydrogen) atoms. The Morgan fingerprint density at radius 1 is 1.10 bits per heavy atom. The Hall–Kier alpha value is -3.07. The Balaban J connectivity index is 1.75. The molecule has 0 bridgehead atoms. The standard InChI is InChI=1S/C20H19F2N3O3S/c1-25-11-17(19(24-25)16-8-7-15(21)9-18(16)22)20(26)23-10-13-3-5-14(6-4-13)12-29(2,27)28/h3-9,11H,10,12H2,1-2H3,(H,23,26). The highest BCUT2D eigenvalue weighted by Gasteiger charge is 2.20. The molecule has 0 radical (unpaired) electrons. The molecule has 0 fully saturated rings. The minimum Gasteiger partial charge on any atom is -0.348 e. The van der Waals surface area contributed by atoms with Gasteiger partial charge in [0.25, 0.3) is 5.91 Å². The van der Waals surface area contributed by atoms with Crippen molar-refractivity contribution < 1.29 is 22.0 Å². The minimum atomic E-state index is -3.12. The number of carbonyl (C=O) groups is 1. The first-order valence-corrected chi connectivity index (χ1v) is 10.7. The number of nitrogens with zero attached hydrogens (tertiary/aromatic N) is 2. The molecule has 3 rings (SSSR count). The summed E-state index contributed by atoms with van der Waals surface area (Å²) in [6.07, 6.45) is 2.62. The lowest BCUT2D eigenvalue weighted by atomic mass is 10.1. The number of halogens is 2. The van der Waals surface area contributed by atoms with Gasteiger partial charge in [-0.05, 0) is 23.3 Å². The molecule has 2 aromatic carbocycles. The van der Waals surface area contributed by atoms with Gasteiger partial charge in [0.05, 0.1) is 11.3 Å². The van der Waals surface area contributed by atoms with E-state index < -0.39 is 27.4 Å². The summed E-state index contributed by atoms with van der Waals surface area (Å²) in [6, 6.07) is 9.91. The van der Waals surface area contributed by atoms with Gasteiger partial charge in [-0.2, -0.15) is 5.10 Å².